The van der Waals surface area contributed by atoms with Crippen LogP contribution in [0.15, 0.2) is 52.7 Å². The summed E-state index contributed by atoms with van der Waals surface area (Å²) in [7, 11) is 0. The number of amides is 2. The van der Waals surface area contributed by atoms with E-state index in [9.17, 15) is 4.79 Å². The second-order valence-electron chi connectivity index (χ2n) is 7.40. The zero-order chi connectivity index (χ0) is 21.4. The quantitative estimate of drug-likeness (QED) is 0.600. The Labute approximate surface area is 180 Å². The van der Waals surface area contributed by atoms with Gasteiger partial charge >= 0.3 is 6.03 Å². The molecule has 2 amide bonds. The van der Waals surface area contributed by atoms with Gasteiger partial charge in [0.15, 0.2) is 0 Å². The van der Waals surface area contributed by atoms with Gasteiger partial charge in [-0.3, -0.25) is 4.90 Å². The van der Waals surface area contributed by atoms with Crippen molar-refractivity contribution < 1.29 is 9.32 Å². The van der Waals surface area contributed by atoms with Gasteiger partial charge in [0.25, 0.3) is 5.89 Å². The van der Waals surface area contributed by atoms with Gasteiger partial charge in [-0.1, -0.05) is 47.1 Å². The van der Waals surface area contributed by atoms with Crippen LogP contribution in [0.2, 0.25) is 5.02 Å². The van der Waals surface area contributed by atoms with Crippen molar-refractivity contribution in [1.29, 1.82) is 0 Å². The number of rotatable bonds is 4. The number of urea groups is 1. The maximum atomic E-state index is 12.7. The minimum atomic E-state index is -0.382. The van der Waals surface area contributed by atoms with Crippen LogP contribution in [0.4, 0.5) is 4.79 Å². The lowest BCUT2D eigenvalue weighted by Gasteiger charge is -2.34. The predicted octanol–water partition coefficient (Wildman–Crippen LogP) is 5.52. The number of allylic oxidation sites excluding steroid dienone is 1. The summed E-state index contributed by atoms with van der Waals surface area (Å²) in [5, 5.41) is 7.86. The molecule has 0 aliphatic carbocycles. The first-order chi connectivity index (χ1) is 14.4. The smallest absolute Gasteiger partial charge is 0.322 e. The highest BCUT2D eigenvalue weighted by Crippen LogP contribution is 2.37. The Balaban J connectivity index is 1.83. The predicted molar refractivity (Wildman–Crippen MR) is 117 cm³/mol. The van der Waals surface area contributed by atoms with E-state index in [1.807, 2.05) is 32.0 Å². The van der Waals surface area contributed by atoms with Crippen LogP contribution in [-0.2, 0) is 0 Å². The third-order valence-corrected chi connectivity index (χ3v) is 5.75. The van der Waals surface area contributed by atoms with E-state index in [4.69, 9.17) is 16.1 Å². The molecule has 1 N–H and O–H groups in total. The summed E-state index contributed by atoms with van der Waals surface area (Å²) < 4.78 is 5.66. The molecule has 1 aromatic heterocycles. The number of hydrogen-bond acceptors (Lipinski definition) is 4. The highest BCUT2D eigenvalue weighted by atomic mass is 35.5. The molecule has 30 heavy (non-hydrogen) atoms. The maximum absolute atomic E-state index is 12.7. The summed E-state index contributed by atoms with van der Waals surface area (Å²) in [5.41, 5.74) is 5.68. The van der Waals surface area contributed by atoms with Crippen LogP contribution in [0, 0.1) is 13.8 Å². The van der Waals surface area contributed by atoms with Gasteiger partial charge in [0, 0.05) is 22.8 Å². The van der Waals surface area contributed by atoms with Crippen LogP contribution < -0.4 is 5.32 Å². The minimum absolute atomic E-state index is 0.142. The van der Waals surface area contributed by atoms with Crippen molar-refractivity contribution in [2.24, 2.45) is 0 Å². The summed E-state index contributed by atoms with van der Waals surface area (Å²) in [6.07, 6.45) is 0. The number of aromatic nitrogens is 2. The molecule has 154 valence electrons. The highest BCUT2D eigenvalue weighted by Gasteiger charge is 2.35. The molecule has 0 radical (unpaired) electrons. The summed E-state index contributed by atoms with van der Waals surface area (Å²) in [6.45, 7) is 8.50. The van der Waals surface area contributed by atoms with Gasteiger partial charge in [0.2, 0.25) is 5.82 Å². The molecule has 0 saturated heterocycles. The van der Waals surface area contributed by atoms with Crippen molar-refractivity contribution in [3.8, 4) is 11.4 Å². The second kappa shape index (κ2) is 7.95. The molecular weight excluding hydrogens is 400 g/mol. The highest BCUT2D eigenvalue weighted by molar-refractivity contribution is 6.30. The lowest BCUT2D eigenvalue weighted by molar-refractivity contribution is 0.207. The van der Waals surface area contributed by atoms with Crippen LogP contribution >= 0.6 is 11.6 Å². The van der Waals surface area contributed by atoms with E-state index >= 15 is 0 Å². The van der Waals surface area contributed by atoms with E-state index in [2.05, 4.69) is 41.4 Å². The van der Waals surface area contributed by atoms with Crippen molar-refractivity contribution in [3.63, 3.8) is 0 Å². The number of benzene rings is 2. The Bertz CT molecular complexity index is 1150. The SMILES string of the molecule is CCN1C(=O)NC(c2ccc(C)c(C)c2)C(c2nc(-c3cccc(Cl)c3)no2)=C1C. The molecular formula is C23H23ClN4O2. The van der Waals surface area contributed by atoms with Crippen LogP contribution in [0.5, 0.6) is 0 Å². The fourth-order valence-corrected chi connectivity index (χ4v) is 3.90. The molecule has 1 aliphatic rings. The number of nitrogens with zero attached hydrogens (tertiary/aromatic N) is 3. The normalized spacial score (nSPS) is 16.8. The van der Waals surface area contributed by atoms with Crippen molar-refractivity contribution >= 4 is 23.2 Å². The zero-order valence-corrected chi connectivity index (χ0v) is 18.1. The molecule has 2 heterocycles. The summed E-state index contributed by atoms with van der Waals surface area (Å²) in [5.74, 6) is 0.829. The number of carbonyl (C=O) groups is 1. The van der Waals surface area contributed by atoms with E-state index in [0.29, 0.717) is 23.3 Å². The van der Waals surface area contributed by atoms with Crippen LogP contribution in [0.3, 0.4) is 0 Å². The Morgan fingerprint density at radius 2 is 1.93 bits per heavy atom. The monoisotopic (exact) mass is 422 g/mol. The molecule has 3 aromatic rings. The number of carbonyl (C=O) groups excluding carboxylic acids is 1. The van der Waals surface area contributed by atoms with E-state index in [1.54, 1.807) is 17.0 Å². The van der Waals surface area contributed by atoms with E-state index in [0.717, 1.165) is 28.0 Å². The van der Waals surface area contributed by atoms with Gasteiger partial charge in [0.05, 0.1) is 11.6 Å². The lowest BCUT2D eigenvalue weighted by Crippen LogP contribution is -2.45. The topological polar surface area (TPSA) is 71.3 Å². The van der Waals surface area contributed by atoms with Crippen molar-refractivity contribution in [3.05, 3.63) is 75.8 Å². The average Bonchev–Trinajstić information content (AvgIpc) is 3.19. The van der Waals surface area contributed by atoms with Crippen molar-refractivity contribution in [2.45, 2.75) is 33.7 Å². The first-order valence-corrected chi connectivity index (χ1v) is 10.2. The zero-order valence-electron chi connectivity index (χ0n) is 17.4. The first kappa shape index (κ1) is 20.2. The fraction of sp³-hybridized carbons (Fsp3) is 0.261. The van der Waals surface area contributed by atoms with Crippen LogP contribution in [0.1, 0.15) is 42.5 Å². The number of nitrogens with one attached hydrogen (secondary N) is 1. The largest absolute Gasteiger partial charge is 0.334 e. The number of hydrogen-bond donors (Lipinski definition) is 1. The summed E-state index contributed by atoms with van der Waals surface area (Å²) in [6, 6.07) is 13.0. The van der Waals surface area contributed by atoms with Crippen LogP contribution in [-0.4, -0.2) is 27.6 Å². The Morgan fingerprint density at radius 1 is 1.13 bits per heavy atom. The van der Waals surface area contributed by atoms with Gasteiger partial charge in [-0.05, 0) is 56.5 Å². The van der Waals surface area contributed by atoms with Crippen molar-refractivity contribution in [2.75, 3.05) is 6.54 Å². The minimum Gasteiger partial charge on any atom is -0.334 e. The lowest BCUT2D eigenvalue weighted by atomic mass is 9.92. The Hall–Kier alpha value is -3.12. The number of aryl methyl sites for hydroxylation is 2. The molecule has 0 bridgehead atoms. The van der Waals surface area contributed by atoms with E-state index in [1.165, 1.54) is 5.56 Å². The molecule has 6 nitrogen and oxygen atoms in total. The first-order valence-electron chi connectivity index (χ1n) is 9.85. The fourth-order valence-electron chi connectivity index (χ4n) is 3.71. The standard InChI is InChI=1S/C23H23ClN4O2/c1-5-28-15(4)19(20(25-23(28)29)16-10-9-13(2)14(3)11-16)22-26-21(27-30-22)17-7-6-8-18(24)12-17/h6-12,20H,5H2,1-4H3,(H,25,29). The molecule has 0 fully saturated rings. The average molecular weight is 423 g/mol. The second-order valence-corrected chi connectivity index (χ2v) is 7.84. The molecule has 1 atom stereocenters. The van der Waals surface area contributed by atoms with Gasteiger partial charge in [-0.2, -0.15) is 4.98 Å². The van der Waals surface area contributed by atoms with Gasteiger partial charge in [0.1, 0.15) is 0 Å². The molecule has 1 unspecified atom stereocenters. The van der Waals surface area contributed by atoms with Gasteiger partial charge < -0.3 is 9.84 Å². The molecule has 1 aliphatic heterocycles. The van der Waals surface area contributed by atoms with Gasteiger partial charge in [-0.25, -0.2) is 4.79 Å². The molecule has 7 heteroatoms. The molecule has 2 aromatic carbocycles. The number of halogens is 1. The Kier molecular flexibility index (Phi) is 5.35. The third kappa shape index (κ3) is 3.59. The Morgan fingerprint density at radius 3 is 2.63 bits per heavy atom. The van der Waals surface area contributed by atoms with E-state index in [-0.39, 0.29) is 12.1 Å². The molecule has 0 saturated carbocycles. The third-order valence-electron chi connectivity index (χ3n) is 5.52. The van der Waals surface area contributed by atoms with Crippen molar-refractivity contribution in [1.82, 2.24) is 20.4 Å². The maximum Gasteiger partial charge on any atom is 0.322 e. The van der Waals surface area contributed by atoms with Gasteiger partial charge in [-0.15, -0.1) is 0 Å². The molecule has 4 rings (SSSR count). The van der Waals surface area contributed by atoms with Crippen LogP contribution in [0.25, 0.3) is 17.0 Å². The molecule has 0 spiro atoms. The summed E-state index contributed by atoms with van der Waals surface area (Å²) >= 11 is 6.11. The summed E-state index contributed by atoms with van der Waals surface area (Å²) in [4.78, 5) is 19.0. The van der Waals surface area contributed by atoms with E-state index < -0.39 is 0 Å².